The number of nitrogens with one attached hydrogen (secondary N) is 2. The highest BCUT2D eigenvalue weighted by Crippen LogP contribution is 2.28. The summed E-state index contributed by atoms with van der Waals surface area (Å²) in [6, 6.07) is 0.564. The predicted molar refractivity (Wildman–Crippen MR) is 102 cm³/mol. The zero-order chi connectivity index (χ0) is 15.5. The quantitative estimate of drug-likeness (QED) is 0.314. The minimum absolute atomic E-state index is 0. The van der Waals surface area contributed by atoms with Gasteiger partial charge in [-0.1, -0.05) is 6.92 Å². The Kier molecular flexibility index (Phi) is 6.49. The van der Waals surface area contributed by atoms with E-state index in [9.17, 15) is 4.79 Å². The molecule has 0 aromatic carbocycles. The van der Waals surface area contributed by atoms with Crippen molar-refractivity contribution in [2.45, 2.75) is 58.2 Å². The molecule has 2 unspecified atom stereocenters. The standard InChI is InChI=1S/C15H26N6O.HI/c1-11-10-12(11)18-14(16-2)17-7-5-9-21-15(22)20-8-4-3-6-13(20)19-21;/h11-12H,3-10H2,1-2H3,(H2,16,17,18);1H. The number of fused-ring (bicyclic) bond motifs is 1. The van der Waals surface area contributed by atoms with E-state index >= 15 is 0 Å². The van der Waals surface area contributed by atoms with Crippen LogP contribution < -0.4 is 16.3 Å². The molecule has 0 spiro atoms. The van der Waals surface area contributed by atoms with E-state index in [1.165, 1.54) is 6.42 Å². The summed E-state index contributed by atoms with van der Waals surface area (Å²) in [4.78, 5) is 16.4. The molecule has 1 aromatic rings. The van der Waals surface area contributed by atoms with Gasteiger partial charge < -0.3 is 10.6 Å². The Morgan fingerprint density at radius 3 is 2.87 bits per heavy atom. The molecule has 0 radical (unpaired) electrons. The van der Waals surface area contributed by atoms with E-state index in [2.05, 4.69) is 27.6 Å². The molecular weight excluding hydrogens is 407 g/mol. The summed E-state index contributed by atoms with van der Waals surface area (Å²) in [6.45, 7) is 4.50. The van der Waals surface area contributed by atoms with E-state index in [-0.39, 0.29) is 29.7 Å². The summed E-state index contributed by atoms with van der Waals surface area (Å²) in [7, 11) is 1.79. The van der Waals surface area contributed by atoms with E-state index in [1.54, 1.807) is 11.7 Å². The molecule has 0 amide bonds. The first-order valence-electron chi connectivity index (χ1n) is 8.32. The zero-order valence-corrected chi connectivity index (χ0v) is 16.2. The number of nitrogens with zero attached hydrogens (tertiary/aromatic N) is 4. The lowest BCUT2D eigenvalue weighted by Gasteiger charge is -2.11. The molecule has 7 nitrogen and oxygen atoms in total. The van der Waals surface area contributed by atoms with Gasteiger partial charge in [-0.3, -0.25) is 9.56 Å². The average Bonchev–Trinajstić information content (AvgIpc) is 3.13. The van der Waals surface area contributed by atoms with Crippen LogP contribution in [0, 0.1) is 5.92 Å². The van der Waals surface area contributed by atoms with Crippen LogP contribution in [0.4, 0.5) is 0 Å². The number of guanidine groups is 1. The summed E-state index contributed by atoms with van der Waals surface area (Å²) in [5, 5.41) is 11.1. The zero-order valence-electron chi connectivity index (χ0n) is 13.9. The molecule has 130 valence electrons. The lowest BCUT2D eigenvalue weighted by molar-refractivity contribution is 0.509. The summed E-state index contributed by atoms with van der Waals surface area (Å²) >= 11 is 0. The van der Waals surface area contributed by atoms with Gasteiger partial charge in [0.05, 0.1) is 0 Å². The second-order valence-corrected chi connectivity index (χ2v) is 6.35. The molecule has 2 N–H and O–H groups in total. The molecule has 3 rings (SSSR count). The van der Waals surface area contributed by atoms with E-state index in [0.717, 1.165) is 56.5 Å². The first-order chi connectivity index (χ1) is 10.7. The molecule has 0 bridgehead atoms. The lowest BCUT2D eigenvalue weighted by atomic mass is 10.2. The first-order valence-corrected chi connectivity index (χ1v) is 8.32. The first kappa shape index (κ1) is 18.3. The third-order valence-electron chi connectivity index (χ3n) is 4.53. The third-order valence-corrected chi connectivity index (χ3v) is 4.53. The monoisotopic (exact) mass is 434 g/mol. The van der Waals surface area contributed by atoms with Crippen LogP contribution in [0.5, 0.6) is 0 Å². The second-order valence-electron chi connectivity index (χ2n) is 6.35. The predicted octanol–water partition coefficient (Wildman–Crippen LogP) is 0.963. The molecule has 1 fully saturated rings. The maximum atomic E-state index is 12.2. The summed E-state index contributed by atoms with van der Waals surface area (Å²) < 4.78 is 3.44. The van der Waals surface area contributed by atoms with E-state index < -0.39 is 0 Å². The Morgan fingerprint density at radius 1 is 1.43 bits per heavy atom. The van der Waals surface area contributed by atoms with Crippen molar-refractivity contribution in [1.82, 2.24) is 25.0 Å². The van der Waals surface area contributed by atoms with Crippen molar-refractivity contribution in [1.29, 1.82) is 0 Å². The second kappa shape index (κ2) is 8.16. The van der Waals surface area contributed by atoms with Gasteiger partial charge in [-0.05, 0) is 31.6 Å². The van der Waals surface area contributed by atoms with Crippen molar-refractivity contribution in [3.05, 3.63) is 16.3 Å². The third kappa shape index (κ3) is 4.48. The maximum Gasteiger partial charge on any atom is 0.345 e. The Labute approximate surface area is 154 Å². The van der Waals surface area contributed by atoms with Gasteiger partial charge in [0.2, 0.25) is 0 Å². The van der Waals surface area contributed by atoms with Gasteiger partial charge in [-0.25, -0.2) is 9.48 Å². The van der Waals surface area contributed by atoms with Crippen LogP contribution in [-0.2, 0) is 19.5 Å². The van der Waals surface area contributed by atoms with Gasteiger partial charge >= 0.3 is 5.69 Å². The van der Waals surface area contributed by atoms with Gasteiger partial charge in [-0.2, -0.15) is 5.10 Å². The smallest absolute Gasteiger partial charge is 0.345 e. The Morgan fingerprint density at radius 2 is 2.22 bits per heavy atom. The van der Waals surface area contributed by atoms with Crippen LogP contribution >= 0.6 is 24.0 Å². The van der Waals surface area contributed by atoms with Crippen molar-refractivity contribution in [2.24, 2.45) is 10.9 Å². The molecule has 1 aliphatic heterocycles. The highest BCUT2D eigenvalue weighted by Gasteiger charge is 2.33. The number of halogens is 1. The summed E-state index contributed by atoms with van der Waals surface area (Å²) in [5.74, 6) is 2.55. The molecule has 1 aromatic heterocycles. The Hall–Kier alpha value is -1.06. The van der Waals surface area contributed by atoms with Crippen LogP contribution in [0.1, 0.15) is 38.4 Å². The average molecular weight is 434 g/mol. The number of hydrogen-bond acceptors (Lipinski definition) is 3. The van der Waals surface area contributed by atoms with Crippen LogP contribution in [0.15, 0.2) is 9.79 Å². The van der Waals surface area contributed by atoms with E-state index in [0.29, 0.717) is 12.6 Å². The Balaban J connectivity index is 0.00000192. The molecule has 2 atom stereocenters. The molecule has 0 saturated heterocycles. The number of rotatable bonds is 5. The van der Waals surface area contributed by atoms with Gasteiger partial charge in [0.15, 0.2) is 5.96 Å². The fourth-order valence-corrected chi connectivity index (χ4v) is 2.92. The van der Waals surface area contributed by atoms with Crippen molar-refractivity contribution in [2.75, 3.05) is 13.6 Å². The van der Waals surface area contributed by atoms with Crippen molar-refractivity contribution >= 4 is 29.9 Å². The van der Waals surface area contributed by atoms with E-state index in [4.69, 9.17) is 0 Å². The molecule has 2 aliphatic rings. The number of aryl methyl sites for hydroxylation is 2. The molecule has 1 aliphatic carbocycles. The summed E-state index contributed by atoms with van der Waals surface area (Å²) in [5.41, 5.74) is 0.0454. The summed E-state index contributed by atoms with van der Waals surface area (Å²) in [6.07, 6.45) is 5.23. The van der Waals surface area contributed by atoms with Gasteiger partial charge in [0.25, 0.3) is 0 Å². The lowest BCUT2D eigenvalue weighted by Crippen LogP contribution is -2.39. The van der Waals surface area contributed by atoms with Gasteiger partial charge in [0, 0.05) is 39.1 Å². The fraction of sp³-hybridized carbons (Fsp3) is 0.800. The van der Waals surface area contributed by atoms with Crippen molar-refractivity contribution in [3.63, 3.8) is 0 Å². The maximum absolute atomic E-state index is 12.2. The molecule has 1 saturated carbocycles. The highest BCUT2D eigenvalue weighted by atomic mass is 127. The minimum atomic E-state index is 0. The molecule has 8 heteroatoms. The van der Waals surface area contributed by atoms with Crippen LogP contribution in [0.2, 0.25) is 0 Å². The SMILES string of the molecule is CN=C(NCCCn1nc2n(c1=O)CCCC2)NC1CC1C.I. The molecule has 23 heavy (non-hydrogen) atoms. The van der Waals surface area contributed by atoms with E-state index in [1.807, 2.05) is 4.57 Å². The van der Waals surface area contributed by atoms with Crippen LogP contribution in [-0.4, -0.2) is 39.9 Å². The van der Waals surface area contributed by atoms with Gasteiger partial charge in [0.1, 0.15) is 5.82 Å². The molecular formula is C15H27IN6O. The van der Waals surface area contributed by atoms with Crippen LogP contribution in [0.25, 0.3) is 0 Å². The van der Waals surface area contributed by atoms with Crippen molar-refractivity contribution < 1.29 is 0 Å². The number of aliphatic imine (C=N–C) groups is 1. The largest absolute Gasteiger partial charge is 0.356 e. The normalized spacial score (nSPS) is 23.0. The Bertz CT molecular complexity index is 608. The number of aromatic nitrogens is 3. The molecule has 2 heterocycles. The van der Waals surface area contributed by atoms with Crippen molar-refractivity contribution in [3.8, 4) is 0 Å². The topological polar surface area (TPSA) is 76.2 Å². The van der Waals surface area contributed by atoms with Crippen LogP contribution in [0.3, 0.4) is 0 Å². The van der Waals surface area contributed by atoms with Gasteiger partial charge in [-0.15, -0.1) is 24.0 Å². The minimum Gasteiger partial charge on any atom is -0.356 e. The fourth-order valence-electron chi connectivity index (χ4n) is 2.92. The number of hydrogen-bond donors (Lipinski definition) is 2. The highest BCUT2D eigenvalue weighted by molar-refractivity contribution is 14.0.